The van der Waals surface area contributed by atoms with Gasteiger partial charge in [0, 0.05) is 29.1 Å². The van der Waals surface area contributed by atoms with E-state index in [-0.39, 0.29) is 5.92 Å². The number of hydrogen-bond donors (Lipinski definition) is 3. The van der Waals surface area contributed by atoms with Crippen LogP contribution in [0, 0.1) is 11.3 Å². The summed E-state index contributed by atoms with van der Waals surface area (Å²) < 4.78 is 0. The summed E-state index contributed by atoms with van der Waals surface area (Å²) in [5.41, 5.74) is 1.12. The van der Waals surface area contributed by atoms with E-state index in [2.05, 4.69) is 10.2 Å². The number of halogens is 1. The molecule has 0 aliphatic carbocycles. The number of amides is 1. The van der Waals surface area contributed by atoms with Crippen LogP contribution in [0.1, 0.15) is 38.4 Å². The van der Waals surface area contributed by atoms with Gasteiger partial charge in [-0.2, -0.15) is 5.10 Å². The number of hydrogen-bond acceptors (Lipinski definition) is 3. The van der Waals surface area contributed by atoms with Gasteiger partial charge in [-0.15, -0.1) is 0 Å². The summed E-state index contributed by atoms with van der Waals surface area (Å²) in [5, 5.41) is 28.6. The van der Waals surface area contributed by atoms with E-state index in [1.807, 2.05) is 19.9 Å². The first-order valence-corrected chi connectivity index (χ1v) is 8.47. The number of H-pyrrole nitrogens is 1. The Morgan fingerprint density at radius 1 is 1.42 bits per heavy atom. The molecule has 1 aromatic carbocycles. The van der Waals surface area contributed by atoms with Crippen molar-refractivity contribution in [2.75, 3.05) is 13.1 Å². The third-order valence-corrected chi connectivity index (χ3v) is 5.58. The third-order valence-electron chi connectivity index (χ3n) is 5.36. The molecule has 2 heterocycles. The lowest BCUT2D eigenvalue weighted by Gasteiger charge is -2.42. The summed E-state index contributed by atoms with van der Waals surface area (Å²) >= 11 is 6.19. The summed E-state index contributed by atoms with van der Waals surface area (Å²) in [6.07, 6.45) is 1.57. The van der Waals surface area contributed by atoms with Crippen molar-refractivity contribution in [1.29, 1.82) is 0 Å². The van der Waals surface area contributed by atoms with Crippen LogP contribution in [0.25, 0.3) is 10.9 Å². The van der Waals surface area contributed by atoms with Gasteiger partial charge in [0.05, 0.1) is 17.8 Å². The molecule has 1 aliphatic heterocycles. The normalized spacial score (nSPS) is 18.1. The zero-order chi connectivity index (χ0) is 17.5. The van der Waals surface area contributed by atoms with Crippen molar-refractivity contribution in [3.63, 3.8) is 0 Å². The molecule has 0 unspecified atom stereocenters. The molecule has 0 radical (unpaired) electrons. The van der Waals surface area contributed by atoms with E-state index >= 15 is 0 Å². The fourth-order valence-corrected chi connectivity index (χ4v) is 3.94. The number of aliphatic hydroxyl groups excluding tert-OH is 1. The van der Waals surface area contributed by atoms with Crippen molar-refractivity contribution >= 4 is 28.6 Å². The number of carboxylic acid groups (broad SMARTS) is 1. The van der Waals surface area contributed by atoms with Crippen molar-refractivity contribution in [3.05, 3.63) is 28.9 Å². The van der Waals surface area contributed by atoms with Gasteiger partial charge >= 0.3 is 6.09 Å². The minimum absolute atomic E-state index is 0.222. The Morgan fingerprint density at radius 3 is 2.71 bits per heavy atom. The second kappa shape index (κ2) is 6.26. The van der Waals surface area contributed by atoms with Crippen LogP contribution in [-0.4, -0.2) is 44.5 Å². The standard InChI is InChI=1S/C17H22ClN3O3/c1-17(2,11-3-5-21(6-4-11)16(23)24)15(22)13-8-12(18)7-10-9-19-20-14(10)13/h7-9,11,15,22H,3-6H2,1-2H3,(H,19,20)(H,23,24)/t15-/m1/s1. The van der Waals surface area contributed by atoms with E-state index in [0.717, 1.165) is 29.3 Å². The fourth-order valence-electron chi connectivity index (χ4n) is 3.70. The summed E-state index contributed by atoms with van der Waals surface area (Å²) in [6, 6.07) is 3.59. The van der Waals surface area contributed by atoms with Crippen molar-refractivity contribution in [3.8, 4) is 0 Å². The van der Waals surface area contributed by atoms with Crippen LogP contribution in [0.3, 0.4) is 0 Å². The first-order valence-electron chi connectivity index (χ1n) is 8.09. The van der Waals surface area contributed by atoms with E-state index < -0.39 is 17.6 Å². The molecule has 3 N–H and O–H groups in total. The largest absolute Gasteiger partial charge is 0.465 e. The molecular weight excluding hydrogens is 330 g/mol. The van der Waals surface area contributed by atoms with Crippen LogP contribution in [0.2, 0.25) is 5.02 Å². The molecule has 0 saturated carbocycles. The number of aliphatic hydroxyl groups is 1. The van der Waals surface area contributed by atoms with E-state index in [9.17, 15) is 9.90 Å². The molecule has 24 heavy (non-hydrogen) atoms. The molecule has 1 fully saturated rings. The number of benzene rings is 1. The van der Waals surface area contributed by atoms with Crippen molar-refractivity contribution in [1.82, 2.24) is 15.1 Å². The maximum Gasteiger partial charge on any atom is 0.407 e. The highest BCUT2D eigenvalue weighted by Gasteiger charge is 2.40. The second-order valence-corrected chi connectivity index (χ2v) is 7.53. The molecule has 130 valence electrons. The van der Waals surface area contributed by atoms with Crippen LogP contribution in [0.4, 0.5) is 4.79 Å². The number of nitrogens with zero attached hydrogens (tertiary/aromatic N) is 2. The maximum absolute atomic E-state index is 11.1. The number of fused-ring (bicyclic) bond motifs is 1. The van der Waals surface area contributed by atoms with Crippen LogP contribution in [-0.2, 0) is 0 Å². The summed E-state index contributed by atoms with van der Waals surface area (Å²) in [7, 11) is 0. The summed E-state index contributed by atoms with van der Waals surface area (Å²) in [5.74, 6) is 0.222. The monoisotopic (exact) mass is 351 g/mol. The molecule has 1 amide bonds. The molecule has 7 heteroatoms. The van der Waals surface area contributed by atoms with Gasteiger partial charge in [0.25, 0.3) is 0 Å². The van der Waals surface area contributed by atoms with Gasteiger partial charge in [0.1, 0.15) is 0 Å². The van der Waals surface area contributed by atoms with Gasteiger partial charge < -0.3 is 15.1 Å². The SMILES string of the molecule is CC(C)(C1CCN(C(=O)O)CC1)[C@H](O)c1cc(Cl)cc2cn[nH]c12. The van der Waals surface area contributed by atoms with Crippen LogP contribution >= 0.6 is 11.6 Å². The Hall–Kier alpha value is -1.79. The zero-order valence-corrected chi connectivity index (χ0v) is 14.5. The molecule has 3 rings (SSSR count). The Balaban J connectivity index is 1.86. The predicted octanol–water partition coefficient (Wildman–Crippen LogP) is 3.67. The van der Waals surface area contributed by atoms with Gasteiger partial charge in [-0.25, -0.2) is 4.79 Å². The lowest BCUT2D eigenvalue weighted by atomic mass is 9.68. The molecule has 1 saturated heterocycles. The van der Waals surface area contributed by atoms with Crippen molar-refractivity contribution in [2.45, 2.75) is 32.8 Å². The number of piperidine rings is 1. The number of aromatic amines is 1. The van der Waals surface area contributed by atoms with E-state index in [1.54, 1.807) is 12.3 Å². The molecule has 1 atom stereocenters. The van der Waals surface area contributed by atoms with Gasteiger partial charge in [0.15, 0.2) is 0 Å². The average Bonchev–Trinajstić information content (AvgIpc) is 3.01. The topological polar surface area (TPSA) is 89.5 Å². The molecular formula is C17H22ClN3O3. The van der Waals surface area contributed by atoms with E-state index in [0.29, 0.717) is 18.1 Å². The minimum atomic E-state index is -0.874. The smallest absolute Gasteiger partial charge is 0.407 e. The number of rotatable bonds is 3. The van der Waals surface area contributed by atoms with Gasteiger partial charge in [0.2, 0.25) is 0 Å². The Bertz CT molecular complexity index is 751. The Labute approximate surface area is 145 Å². The molecule has 1 aliphatic rings. The quantitative estimate of drug-likeness (QED) is 0.787. The first kappa shape index (κ1) is 17.0. The van der Waals surface area contributed by atoms with Crippen molar-refractivity contribution < 1.29 is 15.0 Å². The molecule has 0 bridgehead atoms. The number of aromatic nitrogens is 2. The van der Waals surface area contributed by atoms with E-state index in [4.69, 9.17) is 16.7 Å². The second-order valence-electron chi connectivity index (χ2n) is 7.10. The minimum Gasteiger partial charge on any atom is -0.465 e. The van der Waals surface area contributed by atoms with Crippen LogP contribution in [0.5, 0.6) is 0 Å². The molecule has 1 aromatic heterocycles. The number of nitrogens with one attached hydrogen (secondary N) is 1. The summed E-state index contributed by atoms with van der Waals surface area (Å²) in [4.78, 5) is 12.5. The highest BCUT2D eigenvalue weighted by atomic mass is 35.5. The predicted molar refractivity (Wildman–Crippen MR) is 92.2 cm³/mol. The average molecular weight is 352 g/mol. The van der Waals surface area contributed by atoms with Crippen molar-refractivity contribution in [2.24, 2.45) is 11.3 Å². The van der Waals surface area contributed by atoms with Crippen LogP contribution < -0.4 is 0 Å². The number of likely N-dealkylation sites (tertiary alicyclic amines) is 1. The maximum atomic E-state index is 11.1. The molecule has 2 aromatic rings. The van der Waals surface area contributed by atoms with Gasteiger partial charge in [-0.3, -0.25) is 5.10 Å². The van der Waals surface area contributed by atoms with Crippen LogP contribution in [0.15, 0.2) is 18.3 Å². The fraction of sp³-hybridized carbons (Fsp3) is 0.529. The lowest BCUT2D eigenvalue weighted by molar-refractivity contribution is -0.0164. The van der Waals surface area contributed by atoms with Gasteiger partial charge in [-0.1, -0.05) is 25.4 Å². The zero-order valence-electron chi connectivity index (χ0n) is 13.8. The molecule has 6 nitrogen and oxygen atoms in total. The Morgan fingerprint density at radius 2 is 2.08 bits per heavy atom. The number of carbonyl (C=O) groups is 1. The Kier molecular flexibility index (Phi) is 4.44. The first-order chi connectivity index (χ1) is 11.3. The molecule has 0 spiro atoms. The van der Waals surface area contributed by atoms with Gasteiger partial charge in [-0.05, 0) is 36.3 Å². The lowest BCUT2D eigenvalue weighted by Crippen LogP contribution is -2.43. The third kappa shape index (κ3) is 2.96. The summed E-state index contributed by atoms with van der Waals surface area (Å²) in [6.45, 7) is 5.07. The highest BCUT2D eigenvalue weighted by Crippen LogP contribution is 2.46. The van der Waals surface area contributed by atoms with E-state index in [1.165, 1.54) is 4.90 Å². The highest BCUT2D eigenvalue weighted by molar-refractivity contribution is 6.31.